The van der Waals surface area contributed by atoms with E-state index in [-0.39, 0.29) is 52.3 Å². The van der Waals surface area contributed by atoms with Gasteiger partial charge in [-0.25, -0.2) is 0 Å². The minimum absolute atomic E-state index is 0.0169. The second kappa shape index (κ2) is 9.36. The summed E-state index contributed by atoms with van der Waals surface area (Å²) in [5.74, 6) is -0.794. The van der Waals surface area contributed by atoms with Crippen molar-refractivity contribution in [3.05, 3.63) is 67.7 Å². The van der Waals surface area contributed by atoms with Crippen LogP contribution in [-0.2, 0) is 17.1 Å². The first-order chi connectivity index (χ1) is 15.8. The summed E-state index contributed by atoms with van der Waals surface area (Å²) in [5.41, 5.74) is 2.05. The smallest absolute Gasteiger partial charge is 0.274 e. The molecule has 0 radical (unpaired) electrons. The van der Waals surface area contributed by atoms with Crippen LogP contribution in [0.15, 0.2) is 30.3 Å². The maximum atomic E-state index is 12.8. The Bertz CT molecular complexity index is 1160. The molecule has 2 aromatic rings. The van der Waals surface area contributed by atoms with Crippen molar-refractivity contribution in [2.45, 2.75) is 31.2 Å². The zero-order chi connectivity index (χ0) is 23.7. The lowest BCUT2D eigenvalue weighted by atomic mass is 10.0. The van der Waals surface area contributed by atoms with Gasteiger partial charge in [-0.2, -0.15) is 0 Å². The lowest BCUT2D eigenvalue weighted by Crippen LogP contribution is -2.46. The fraction of sp³-hybridized carbons (Fsp3) is 0.318. The van der Waals surface area contributed by atoms with Gasteiger partial charge in [0.15, 0.2) is 0 Å². The van der Waals surface area contributed by atoms with E-state index in [0.717, 1.165) is 5.56 Å². The highest BCUT2D eigenvalue weighted by molar-refractivity contribution is 6.34. The molecule has 33 heavy (non-hydrogen) atoms. The average molecular weight is 491 g/mol. The summed E-state index contributed by atoms with van der Waals surface area (Å²) in [7, 11) is 0. The highest BCUT2D eigenvalue weighted by Crippen LogP contribution is 2.30. The van der Waals surface area contributed by atoms with Crippen molar-refractivity contribution in [3.63, 3.8) is 0 Å². The quantitative estimate of drug-likeness (QED) is 0.377. The number of alkyl halides is 1. The Morgan fingerprint density at radius 3 is 2.61 bits per heavy atom. The van der Waals surface area contributed by atoms with Crippen molar-refractivity contribution in [3.8, 4) is 0 Å². The number of fused-ring (bicyclic) bond motifs is 1. The van der Waals surface area contributed by atoms with Crippen molar-refractivity contribution in [2.24, 2.45) is 0 Å². The molecule has 2 aromatic carbocycles. The first-order valence-corrected chi connectivity index (χ1v) is 11.2. The van der Waals surface area contributed by atoms with Crippen LogP contribution in [0.2, 0.25) is 5.02 Å². The maximum absolute atomic E-state index is 12.8. The Kier molecular flexibility index (Phi) is 6.53. The van der Waals surface area contributed by atoms with Crippen LogP contribution in [0.5, 0.6) is 0 Å². The second-order valence-corrected chi connectivity index (χ2v) is 8.66. The normalized spacial score (nSPS) is 15.7. The number of nitrogens with one attached hydrogen (secondary N) is 2. The topological polar surface area (TPSA) is 122 Å². The summed E-state index contributed by atoms with van der Waals surface area (Å²) in [6, 6.07) is 7.33. The number of carbonyl (C=O) groups is 3. The van der Waals surface area contributed by atoms with Crippen molar-refractivity contribution in [2.75, 3.05) is 18.4 Å². The summed E-state index contributed by atoms with van der Waals surface area (Å²) >= 11 is 12.0. The van der Waals surface area contributed by atoms with Gasteiger partial charge in [-0.3, -0.25) is 24.5 Å². The number of carbonyl (C=O) groups excluding carboxylic acids is 3. The molecule has 2 aliphatic rings. The van der Waals surface area contributed by atoms with Gasteiger partial charge in [0.1, 0.15) is 0 Å². The van der Waals surface area contributed by atoms with Gasteiger partial charge >= 0.3 is 0 Å². The number of amides is 3. The number of piperidine rings is 1. The predicted molar refractivity (Wildman–Crippen MR) is 123 cm³/mol. The van der Waals surface area contributed by atoms with Crippen LogP contribution in [0.1, 0.15) is 44.7 Å². The highest BCUT2D eigenvalue weighted by atomic mass is 35.5. The molecule has 2 N–H and O–H groups in total. The van der Waals surface area contributed by atoms with Gasteiger partial charge in [0, 0.05) is 42.0 Å². The molecule has 0 unspecified atom stereocenters. The van der Waals surface area contributed by atoms with E-state index >= 15 is 0 Å². The number of nitro groups is 1. The number of likely N-dealkylation sites (tertiary alicyclic amines) is 1. The molecule has 1 saturated heterocycles. The van der Waals surface area contributed by atoms with Crippen molar-refractivity contribution >= 4 is 52.3 Å². The number of halogens is 2. The molecule has 0 saturated carbocycles. The number of hydrogen-bond acceptors (Lipinski definition) is 5. The SMILES string of the molecule is O=C1Cc2cc(C(=O)NC3CCN(C(=O)c4ccc(CCl)c([N+](=O)[O-])c4)CC3)c(Cl)cc2N1. The molecular formula is C22H20Cl2N4O5. The van der Waals surface area contributed by atoms with E-state index in [2.05, 4.69) is 10.6 Å². The number of nitro benzene ring substituents is 1. The Labute approximate surface area is 199 Å². The molecular weight excluding hydrogens is 471 g/mol. The largest absolute Gasteiger partial charge is 0.349 e. The molecule has 0 spiro atoms. The van der Waals surface area contributed by atoms with Gasteiger partial charge < -0.3 is 15.5 Å². The molecule has 4 rings (SSSR count). The van der Waals surface area contributed by atoms with Crippen LogP contribution in [0.25, 0.3) is 0 Å². The van der Waals surface area contributed by atoms with Crippen LogP contribution < -0.4 is 10.6 Å². The maximum Gasteiger partial charge on any atom is 0.274 e. The first-order valence-electron chi connectivity index (χ1n) is 10.3. The van der Waals surface area contributed by atoms with Crippen LogP contribution in [0, 0.1) is 10.1 Å². The molecule has 2 aliphatic heterocycles. The summed E-state index contributed by atoms with van der Waals surface area (Å²) < 4.78 is 0. The number of nitrogens with zero attached hydrogens (tertiary/aromatic N) is 2. The Balaban J connectivity index is 1.38. The standard InChI is InChI=1S/C22H20Cl2N4O5/c23-11-13-2-1-12(8-19(13)28(32)33)22(31)27-5-3-15(4-6-27)25-21(30)16-7-14-9-20(29)26-18(14)10-17(16)24/h1-2,7-8,10,15H,3-6,9,11H2,(H,25,30)(H,26,29). The van der Waals surface area contributed by atoms with Crippen molar-refractivity contribution < 1.29 is 19.3 Å². The summed E-state index contributed by atoms with van der Waals surface area (Å²) in [5, 5.41) is 17.1. The molecule has 9 nitrogen and oxygen atoms in total. The molecule has 11 heteroatoms. The van der Waals surface area contributed by atoms with Crippen LogP contribution in [-0.4, -0.2) is 46.7 Å². The molecule has 172 valence electrons. The molecule has 1 fully saturated rings. The van der Waals surface area contributed by atoms with E-state index < -0.39 is 4.92 Å². The van der Waals surface area contributed by atoms with Gasteiger partial charge in [-0.15, -0.1) is 11.6 Å². The van der Waals surface area contributed by atoms with Gasteiger partial charge in [-0.1, -0.05) is 17.7 Å². The fourth-order valence-electron chi connectivity index (χ4n) is 4.07. The number of benzene rings is 2. The number of hydrogen-bond donors (Lipinski definition) is 2. The Morgan fingerprint density at radius 2 is 1.94 bits per heavy atom. The van der Waals surface area contributed by atoms with E-state index in [1.165, 1.54) is 18.2 Å². The van der Waals surface area contributed by atoms with Crippen LogP contribution >= 0.6 is 23.2 Å². The monoisotopic (exact) mass is 490 g/mol. The number of rotatable bonds is 5. The molecule has 0 aromatic heterocycles. The highest BCUT2D eigenvalue weighted by Gasteiger charge is 2.28. The Hall–Kier alpha value is -3.17. The minimum atomic E-state index is -0.549. The van der Waals surface area contributed by atoms with Gasteiger partial charge in [0.25, 0.3) is 17.5 Å². The Morgan fingerprint density at radius 1 is 1.21 bits per heavy atom. The van der Waals surface area contributed by atoms with Crippen LogP contribution in [0.4, 0.5) is 11.4 Å². The molecule has 0 atom stereocenters. The lowest BCUT2D eigenvalue weighted by molar-refractivity contribution is -0.385. The third-order valence-electron chi connectivity index (χ3n) is 5.85. The fourth-order valence-corrected chi connectivity index (χ4v) is 4.55. The molecule has 0 aliphatic carbocycles. The molecule has 3 amide bonds. The predicted octanol–water partition coefficient (Wildman–Crippen LogP) is 3.52. The van der Waals surface area contributed by atoms with E-state index in [1.54, 1.807) is 17.0 Å². The lowest BCUT2D eigenvalue weighted by Gasteiger charge is -2.32. The van der Waals surface area contributed by atoms with Crippen molar-refractivity contribution in [1.29, 1.82) is 0 Å². The number of anilines is 1. The third-order valence-corrected chi connectivity index (χ3v) is 6.45. The molecule has 2 heterocycles. The summed E-state index contributed by atoms with van der Waals surface area (Å²) in [6.07, 6.45) is 1.27. The van der Waals surface area contributed by atoms with E-state index in [0.29, 0.717) is 42.7 Å². The zero-order valence-electron chi connectivity index (χ0n) is 17.4. The average Bonchev–Trinajstić information content (AvgIpc) is 3.16. The van der Waals surface area contributed by atoms with E-state index in [1.807, 2.05) is 0 Å². The summed E-state index contributed by atoms with van der Waals surface area (Å²) in [6.45, 7) is 0.788. The van der Waals surface area contributed by atoms with Gasteiger partial charge in [-0.05, 0) is 36.6 Å². The van der Waals surface area contributed by atoms with Gasteiger partial charge in [0.05, 0.1) is 27.8 Å². The van der Waals surface area contributed by atoms with Crippen molar-refractivity contribution in [1.82, 2.24) is 10.2 Å². The van der Waals surface area contributed by atoms with E-state index in [9.17, 15) is 24.5 Å². The third kappa shape index (κ3) is 4.79. The second-order valence-electron chi connectivity index (χ2n) is 7.99. The van der Waals surface area contributed by atoms with Gasteiger partial charge in [0.2, 0.25) is 5.91 Å². The van der Waals surface area contributed by atoms with Crippen LogP contribution in [0.3, 0.4) is 0 Å². The molecule has 0 bridgehead atoms. The zero-order valence-corrected chi connectivity index (χ0v) is 18.9. The van der Waals surface area contributed by atoms with E-state index in [4.69, 9.17) is 23.2 Å². The first kappa shape index (κ1) is 23.0. The minimum Gasteiger partial charge on any atom is -0.349 e. The summed E-state index contributed by atoms with van der Waals surface area (Å²) in [4.78, 5) is 49.5.